The quantitative estimate of drug-likeness (QED) is 0.726. The number of nitrogens with two attached hydrogens (primary N) is 1. The molecule has 0 spiro atoms. The van der Waals surface area contributed by atoms with E-state index in [0.29, 0.717) is 6.54 Å². The Morgan fingerprint density at radius 1 is 1.47 bits per heavy atom. The van der Waals surface area contributed by atoms with Gasteiger partial charge in [0.1, 0.15) is 5.01 Å². The fraction of sp³-hybridized carbons (Fsp3) is 0.273. The average molecular weight is 247 g/mol. The lowest BCUT2D eigenvalue weighted by Gasteiger charge is -1.95. The summed E-state index contributed by atoms with van der Waals surface area (Å²) in [4.78, 5) is 12.1. The molecule has 17 heavy (non-hydrogen) atoms. The first kappa shape index (κ1) is 10.5. The molecule has 3 N–H and O–H groups in total. The number of nitrogens with one attached hydrogen (secondary N) is 1. The Labute approximate surface area is 102 Å². The lowest BCUT2D eigenvalue weighted by molar-refractivity contribution is 1.01. The highest BCUT2D eigenvalue weighted by Crippen LogP contribution is 2.27. The summed E-state index contributed by atoms with van der Waals surface area (Å²) in [6, 6.07) is 0. The van der Waals surface area contributed by atoms with Gasteiger partial charge in [0.15, 0.2) is 0 Å². The lowest BCUT2D eigenvalue weighted by atomic mass is 10.3. The molecule has 0 amide bonds. The first-order valence-corrected chi connectivity index (χ1v) is 6.26. The van der Waals surface area contributed by atoms with Crippen LogP contribution in [0.1, 0.15) is 17.1 Å². The lowest BCUT2D eigenvalue weighted by Crippen LogP contribution is -1.96. The van der Waals surface area contributed by atoms with Crippen molar-refractivity contribution in [3.8, 4) is 10.7 Å². The molecule has 0 saturated carbocycles. The van der Waals surface area contributed by atoms with Crippen LogP contribution in [0.5, 0.6) is 0 Å². The summed E-state index contributed by atoms with van der Waals surface area (Å²) in [5.41, 5.74) is 9.78. The standard InChI is InChI=1S/C11H13N5S/c1-6-4-13-11-15-9(7(2)16(6)11)10-14-8(3-12)5-17-10/h4-5H,3,12H2,1-2H3,(H,13,15). The minimum absolute atomic E-state index is 0.479. The number of imidazole rings is 2. The summed E-state index contributed by atoms with van der Waals surface area (Å²) in [6.45, 7) is 4.58. The summed E-state index contributed by atoms with van der Waals surface area (Å²) < 4.78 is 2.10. The number of hydrogen-bond acceptors (Lipinski definition) is 4. The molecule has 5 nitrogen and oxygen atoms in total. The molecule has 0 atom stereocenters. The highest BCUT2D eigenvalue weighted by Gasteiger charge is 2.14. The topological polar surface area (TPSA) is 72.0 Å². The van der Waals surface area contributed by atoms with Crippen LogP contribution in [0.4, 0.5) is 0 Å². The molecular weight excluding hydrogens is 234 g/mol. The molecule has 0 saturated heterocycles. The zero-order valence-electron chi connectivity index (χ0n) is 9.69. The number of nitrogens with zero attached hydrogens (tertiary/aromatic N) is 3. The van der Waals surface area contributed by atoms with Gasteiger partial charge in [0.25, 0.3) is 0 Å². The molecule has 0 aromatic carbocycles. The molecule has 0 fully saturated rings. The highest BCUT2D eigenvalue weighted by molar-refractivity contribution is 7.13. The Kier molecular flexibility index (Phi) is 2.27. The Bertz CT molecular complexity index is 675. The number of thiazole rings is 1. The van der Waals surface area contributed by atoms with Gasteiger partial charge in [-0.2, -0.15) is 0 Å². The van der Waals surface area contributed by atoms with Crippen LogP contribution in [0, 0.1) is 13.8 Å². The van der Waals surface area contributed by atoms with Gasteiger partial charge in [0, 0.05) is 23.3 Å². The molecule has 3 aromatic heterocycles. The van der Waals surface area contributed by atoms with Crippen LogP contribution in [-0.4, -0.2) is 19.4 Å². The predicted octanol–water partition coefficient (Wildman–Crippen LogP) is 1.86. The van der Waals surface area contributed by atoms with Crippen LogP contribution in [0.3, 0.4) is 0 Å². The largest absolute Gasteiger partial charge is 0.325 e. The Balaban J connectivity index is 2.20. The third kappa shape index (κ3) is 1.49. The second kappa shape index (κ2) is 3.68. The van der Waals surface area contributed by atoms with Crippen LogP contribution >= 0.6 is 11.3 Å². The van der Waals surface area contributed by atoms with Crippen molar-refractivity contribution in [3.63, 3.8) is 0 Å². The fourth-order valence-electron chi connectivity index (χ4n) is 1.99. The van der Waals surface area contributed by atoms with Gasteiger partial charge in [-0.15, -0.1) is 11.3 Å². The summed E-state index contributed by atoms with van der Waals surface area (Å²) >= 11 is 1.60. The number of rotatable bonds is 2. The van der Waals surface area contributed by atoms with Gasteiger partial charge in [-0.3, -0.25) is 4.40 Å². The normalized spacial score (nSPS) is 11.5. The van der Waals surface area contributed by atoms with Gasteiger partial charge in [0.2, 0.25) is 5.78 Å². The molecule has 88 valence electrons. The number of fused-ring (bicyclic) bond motifs is 1. The second-order valence-corrected chi connectivity index (χ2v) is 4.85. The minimum Gasteiger partial charge on any atom is -0.325 e. The molecule has 0 aliphatic carbocycles. The van der Waals surface area contributed by atoms with Gasteiger partial charge >= 0.3 is 0 Å². The maximum Gasteiger partial charge on any atom is 0.212 e. The Morgan fingerprint density at radius 3 is 2.94 bits per heavy atom. The third-order valence-corrected chi connectivity index (χ3v) is 3.76. The fourth-order valence-corrected chi connectivity index (χ4v) is 2.87. The third-order valence-electron chi connectivity index (χ3n) is 2.85. The van der Waals surface area contributed by atoms with Crippen molar-refractivity contribution in [2.24, 2.45) is 5.73 Å². The number of aryl methyl sites for hydroxylation is 2. The monoisotopic (exact) mass is 247 g/mol. The molecular formula is C11H13N5S. The summed E-state index contributed by atoms with van der Waals surface area (Å²) in [7, 11) is 0. The van der Waals surface area contributed by atoms with E-state index in [9.17, 15) is 0 Å². The van der Waals surface area contributed by atoms with E-state index < -0.39 is 0 Å². The average Bonchev–Trinajstić information content (AvgIpc) is 2.97. The first-order chi connectivity index (χ1) is 8.20. The van der Waals surface area contributed by atoms with E-state index in [1.165, 1.54) is 0 Å². The van der Waals surface area contributed by atoms with Crippen molar-refractivity contribution in [2.45, 2.75) is 20.4 Å². The van der Waals surface area contributed by atoms with E-state index in [2.05, 4.69) is 26.3 Å². The number of hydrogen-bond donors (Lipinski definition) is 2. The van der Waals surface area contributed by atoms with Crippen LogP contribution in [0.2, 0.25) is 0 Å². The van der Waals surface area contributed by atoms with E-state index in [-0.39, 0.29) is 0 Å². The maximum atomic E-state index is 5.57. The van der Waals surface area contributed by atoms with Gasteiger partial charge in [-0.25, -0.2) is 9.97 Å². The van der Waals surface area contributed by atoms with Gasteiger partial charge in [0.05, 0.1) is 17.6 Å². The molecule has 0 radical (unpaired) electrons. The molecule has 0 aliphatic heterocycles. The molecule has 3 rings (SSSR count). The molecule has 3 aromatic rings. The van der Waals surface area contributed by atoms with Crippen LogP contribution < -0.4 is 5.73 Å². The number of aromatic nitrogens is 4. The molecule has 0 unspecified atom stereocenters. The van der Waals surface area contributed by atoms with Crippen molar-refractivity contribution in [1.82, 2.24) is 19.4 Å². The van der Waals surface area contributed by atoms with E-state index in [1.807, 2.05) is 18.5 Å². The summed E-state index contributed by atoms with van der Waals surface area (Å²) in [5, 5.41) is 2.96. The van der Waals surface area contributed by atoms with Crippen molar-refractivity contribution < 1.29 is 0 Å². The van der Waals surface area contributed by atoms with E-state index in [0.717, 1.165) is 33.6 Å². The van der Waals surface area contributed by atoms with E-state index in [1.54, 1.807) is 11.3 Å². The SMILES string of the molecule is Cc1cnc2[nH]c(-c3nc(CN)cs3)c(C)n12. The predicted molar refractivity (Wildman–Crippen MR) is 68.0 cm³/mol. The molecule has 0 bridgehead atoms. The van der Waals surface area contributed by atoms with Gasteiger partial charge in [-0.05, 0) is 13.8 Å². The van der Waals surface area contributed by atoms with Gasteiger partial charge in [-0.1, -0.05) is 0 Å². The van der Waals surface area contributed by atoms with Gasteiger partial charge < -0.3 is 10.7 Å². The van der Waals surface area contributed by atoms with Crippen LogP contribution in [0.15, 0.2) is 11.6 Å². The molecule has 0 aliphatic rings. The molecule has 3 heterocycles. The van der Waals surface area contributed by atoms with Crippen molar-refractivity contribution in [3.05, 3.63) is 28.7 Å². The van der Waals surface area contributed by atoms with Crippen LogP contribution in [-0.2, 0) is 6.54 Å². The second-order valence-electron chi connectivity index (χ2n) is 3.99. The first-order valence-electron chi connectivity index (χ1n) is 5.38. The minimum atomic E-state index is 0.479. The number of aromatic amines is 1. The van der Waals surface area contributed by atoms with E-state index in [4.69, 9.17) is 5.73 Å². The zero-order valence-corrected chi connectivity index (χ0v) is 10.5. The van der Waals surface area contributed by atoms with Crippen molar-refractivity contribution in [2.75, 3.05) is 0 Å². The smallest absolute Gasteiger partial charge is 0.212 e. The van der Waals surface area contributed by atoms with Crippen LogP contribution in [0.25, 0.3) is 16.5 Å². The van der Waals surface area contributed by atoms with Crippen molar-refractivity contribution >= 4 is 17.1 Å². The summed E-state index contributed by atoms with van der Waals surface area (Å²) in [6.07, 6.45) is 1.86. The zero-order chi connectivity index (χ0) is 12.0. The Hall–Kier alpha value is -1.66. The number of H-pyrrole nitrogens is 1. The van der Waals surface area contributed by atoms with E-state index >= 15 is 0 Å². The maximum absolute atomic E-state index is 5.57. The molecule has 6 heteroatoms. The van der Waals surface area contributed by atoms with Crippen molar-refractivity contribution in [1.29, 1.82) is 0 Å². The highest BCUT2D eigenvalue weighted by atomic mass is 32.1. The Morgan fingerprint density at radius 2 is 2.29 bits per heavy atom. The summed E-state index contributed by atoms with van der Waals surface area (Å²) in [5.74, 6) is 0.861.